The fraction of sp³-hybridized carbons (Fsp3) is 0. The Morgan fingerprint density at radius 3 is 3.00 bits per heavy atom. The molecule has 0 atom stereocenters. The Bertz CT molecular complexity index is 551. The van der Waals surface area contributed by atoms with Gasteiger partial charge in [-0.3, -0.25) is 0 Å². The first-order valence-electron chi connectivity index (χ1n) is 4.23. The van der Waals surface area contributed by atoms with Crippen LogP contribution in [0.4, 0.5) is 0 Å². The van der Waals surface area contributed by atoms with Crippen LogP contribution in [0.3, 0.4) is 0 Å². The Labute approximate surface area is 79.2 Å². The number of aromatic nitrogens is 5. The zero-order chi connectivity index (χ0) is 9.38. The molecule has 0 saturated heterocycles. The van der Waals surface area contributed by atoms with Gasteiger partial charge in [0.05, 0.1) is 18.2 Å². The van der Waals surface area contributed by atoms with E-state index >= 15 is 0 Å². The molecule has 1 aromatic carbocycles. The average Bonchev–Trinajstić information content (AvgIpc) is 2.88. The van der Waals surface area contributed by atoms with Crippen LogP contribution in [0, 0.1) is 0 Å². The first kappa shape index (κ1) is 7.25. The van der Waals surface area contributed by atoms with Crippen LogP contribution in [0.15, 0.2) is 30.7 Å². The number of nitrogens with zero attached hydrogens (tertiary/aromatic N) is 3. The molecular weight excluding hydrogens is 178 g/mol. The van der Waals surface area contributed by atoms with E-state index in [0.29, 0.717) is 0 Å². The summed E-state index contributed by atoms with van der Waals surface area (Å²) < 4.78 is 0. The number of benzene rings is 1. The molecule has 2 N–H and O–H groups in total. The number of hydrogen-bond acceptors (Lipinski definition) is 3. The van der Waals surface area contributed by atoms with E-state index < -0.39 is 0 Å². The fourth-order valence-electron chi connectivity index (χ4n) is 1.49. The quantitative estimate of drug-likeness (QED) is 0.601. The first-order valence-corrected chi connectivity index (χ1v) is 4.23. The van der Waals surface area contributed by atoms with Gasteiger partial charge >= 0.3 is 0 Å². The van der Waals surface area contributed by atoms with E-state index in [1.54, 1.807) is 12.5 Å². The van der Waals surface area contributed by atoms with Gasteiger partial charge in [-0.2, -0.15) is 15.4 Å². The van der Waals surface area contributed by atoms with Crippen molar-refractivity contribution < 1.29 is 0 Å². The number of hydrogen-bond donors (Lipinski definition) is 2. The number of rotatable bonds is 1. The van der Waals surface area contributed by atoms with E-state index in [4.69, 9.17) is 0 Å². The Morgan fingerprint density at radius 1 is 1.14 bits per heavy atom. The van der Waals surface area contributed by atoms with Crippen molar-refractivity contribution >= 4 is 11.0 Å². The summed E-state index contributed by atoms with van der Waals surface area (Å²) in [4.78, 5) is 7.02. The van der Waals surface area contributed by atoms with Crippen LogP contribution in [0.5, 0.6) is 0 Å². The Kier molecular flexibility index (Phi) is 1.38. The van der Waals surface area contributed by atoms with Crippen LogP contribution in [0.25, 0.3) is 22.3 Å². The minimum absolute atomic E-state index is 0.858. The smallest absolute Gasteiger partial charge is 0.122 e. The highest BCUT2D eigenvalue weighted by Gasteiger charge is 2.06. The molecule has 0 saturated carbocycles. The maximum absolute atomic E-state index is 4.09. The molecular formula is C9H7N5. The highest BCUT2D eigenvalue weighted by molar-refractivity contribution is 5.89. The first-order chi connectivity index (χ1) is 6.95. The van der Waals surface area contributed by atoms with Gasteiger partial charge in [0.2, 0.25) is 0 Å². The minimum Gasteiger partial charge on any atom is -0.345 e. The van der Waals surface area contributed by atoms with E-state index in [-0.39, 0.29) is 0 Å². The Hall–Kier alpha value is -2.17. The molecule has 0 bridgehead atoms. The van der Waals surface area contributed by atoms with E-state index in [0.717, 1.165) is 22.3 Å². The predicted octanol–water partition coefficient (Wildman–Crippen LogP) is 1.35. The third kappa shape index (κ3) is 0.922. The van der Waals surface area contributed by atoms with E-state index in [2.05, 4.69) is 25.4 Å². The standard InChI is InChI=1S/C9H7N5/c1-2-6(8-4-10-5-11-8)9-7(3-1)12-14-13-9/h1-5H,(H,10,11)(H,12,13,14). The van der Waals surface area contributed by atoms with Gasteiger partial charge in [-0.05, 0) is 6.07 Å². The van der Waals surface area contributed by atoms with Gasteiger partial charge in [-0.1, -0.05) is 12.1 Å². The molecule has 2 heterocycles. The lowest BCUT2D eigenvalue weighted by atomic mass is 10.1. The van der Waals surface area contributed by atoms with Crippen molar-refractivity contribution in [2.45, 2.75) is 0 Å². The molecule has 0 unspecified atom stereocenters. The minimum atomic E-state index is 0.858. The van der Waals surface area contributed by atoms with Crippen LogP contribution >= 0.6 is 0 Å². The van der Waals surface area contributed by atoms with Crippen LogP contribution in [-0.4, -0.2) is 25.4 Å². The van der Waals surface area contributed by atoms with Gasteiger partial charge in [0.1, 0.15) is 11.0 Å². The predicted molar refractivity (Wildman–Crippen MR) is 51.5 cm³/mol. The number of fused-ring (bicyclic) bond motifs is 1. The molecule has 3 rings (SSSR count). The third-order valence-electron chi connectivity index (χ3n) is 2.14. The molecule has 2 aromatic heterocycles. The van der Waals surface area contributed by atoms with Crippen molar-refractivity contribution in [3.8, 4) is 11.3 Å². The van der Waals surface area contributed by atoms with E-state index in [9.17, 15) is 0 Å². The summed E-state index contributed by atoms with van der Waals surface area (Å²) in [6.45, 7) is 0. The van der Waals surface area contributed by atoms with Gasteiger partial charge in [0.15, 0.2) is 0 Å². The third-order valence-corrected chi connectivity index (χ3v) is 2.14. The van der Waals surface area contributed by atoms with Gasteiger partial charge < -0.3 is 4.98 Å². The second kappa shape index (κ2) is 2.66. The van der Waals surface area contributed by atoms with Crippen molar-refractivity contribution in [3.05, 3.63) is 30.7 Å². The summed E-state index contributed by atoms with van der Waals surface area (Å²) in [7, 11) is 0. The zero-order valence-electron chi connectivity index (χ0n) is 7.23. The summed E-state index contributed by atoms with van der Waals surface area (Å²) in [5.41, 5.74) is 3.67. The largest absolute Gasteiger partial charge is 0.345 e. The molecule has 3 aromatic rings. The van der Waals surface area contributed by atoms with E-state index in [1.165, 1.54) is 0 Å². The summed E-state index contributed by atoms with van der Waals surface area (Å²) in [6, 6.07) is 5.85. The highest BCUT2D eigenvalue weighted by atomic mass is 15.3. The highest BCUT2D eigenvalue weighted by Crippen LogP contribution is 2.23. The fourth-order valence-corrected chi connectivity index (χ4v) is 1.49. The van der Waals surface area contributed by atoms with Crippen molar-refractivity contribution in [2.75, 3.05) is 0 Å². The number of para-hydroxylation sites is 1. The molecule has 0 fully saturated rings. The number of nitrogens with one attached hydrogen (secondary N) is 2. The maximum atomic E-state index is 4.09. The Balaban J connectivity index is 2.36. The normalized spacial score (nSPS) is 10.9. The maximum Gasteiger partial charge on any atom is 0.122 e. The topological polar surface area (TPSA) is 70.2 Å². The molecule has 5 nitrogen and oxygen atoms in total. The van der Waals surface area contributed by atoms with Crippen LogP contribution in [0.2, 0.25) is 0 Å². The monoisotopic (exact) mass is 185 g/mol. The second-order valence-electron chi connectivity index (χ2n) is 2.96. The lowest BCUT2D eigenvalue weighted by Crippen LogP contribution is -1.79. The Morgan fingerprint density at radius 2 is 2.14 bits per heavy atom. The van der Waals surface area contributed by atoms with Gasteiger partial charge in [-0.15, -0.1) is 0 Å². The van der Waals surface area contributed by atoms with Gasteiger partial charge in [0.25, 0.3) is 0 Å². The molecule has 0 spiro atoms. The van der Waals surface area contributed by atoms with Crippen LogP contribution < -0.4 is 0 Å². The molecule has 68 valence electrons. The lowest BCUT2D eigenvalue weighted by Gasteiger charge is -1.96. The van der Waals surface area contributed by atoms with Crippen LogP contribution in [0.1, 0.15) is 0 Å². The number of H-pyrrole nitrogens is 2. The molecule has 0 aliphatic rings. The lowest BCUT2D eigenvalue weighted by molar-refractivity contribution is 0.959. The van der Waals surface area contributed by atoms with E-state index in [1.807, 2.05) is 18.2 Å². The summed E-state index contributed by atoms with van der Waals surface area (Å²) >= 11 is 0. The average molecular weight is 185 g/mol. The molecule has 0 radical (unpaired) electrons. The van der Waals surface area contributed by atoms with Gasteiger partial charge in [0, 0.05) is 5.56 Å². The summed E-state index contributed by atoms with van der Waals surface area (Å²) in [5.74, 6) is 0. The molecule has 0 amide bonds. The summed E-state index contributed by atoms with van der Waals surface area (Å²) in [5, 5.41) is 10.7. The van der Waals surface area contributed by atoms with Gasteiger partial charge in [-0.25, -0.2) is 4.98 Å². The summed E-state index contributed by atoms with van der Waals surface area (Å²) in [6.07, 6.45) is 3.41. The molecule has 0 aliphatic carbocycles. The molecule has 14 heavy (non-hydrogen) atoms. The number of aromatic amines is 2. The van der Waals surface area contributed by atoms with Crippen molar-refractivity contribution in [3.63, 3.8) is 0 Å². The van der Waals surface area contributed by atoms with Crippen molar-refractivity contribution in [2.24, 2.45) is 0 Å². The van der Waals surface area contributed by atoms with Crippen molar-refractivity contribution in [1.29, 1.82) is 0 Å². The van der Waals surface area contributed by atoms with Crippen LogP contribution in [-0.2, 0) is 0 Å². The SMILES string of the molecule is c1cc(-c2cnc[nH]2)c2n[nH]nc2c1. The van der Waals surface area contributed by atoms with Crippen molar-refractivity contribution in [1.82, 2.24) is 25.4 Å². The zero-order valence-corrected chi connectivity index (χ0v) is 7.23. The second-order valence-corrected chi connectivity index (χ2v) is 2.96. The molecule has 5 heteroatoms. The molecule has 0 aliphatic heterocycles. The number of imidazole rings is 1.